The molecule has 4 heteroatoms. The molecule has 0 bridgehead atoms. The average Bonchev–Trinajstić information content (AvgIpc) is 2.39. The molecule has 0 fully saturated rings. The third kappa shape index (κ3) is 2.11. The monoisotopic (exact) mass is 275 g/mol. The van der Waals surface area contributed by atoms with E-state index in [0.29, 0.717) is 5.02 Å². The van der Waals surface area contributed by atoms with Gasteiger partial charge in [-0.25, -0.2) is 0 Å². The smallest absolute Gasteiger partial charge is 0.220 e. The molecule has 0 aliphatic carbocycles. The Bertz CT molecular complexity index is 597. The van der Waals surface area contributed by atoms with Gasteiger partial charge in [0.15, 0.2) is 0 Å². The number of hydrogen-bond donors (Lipinski definition) is 1. The van der Waals surface area contributed by atoms with Gasteiger partial charge in [0, 0.05) is 15.6 Å². The summed E-state index contributed by atoms with van der Waals surface area (Å²) in [5.41, 5.74) is 1.94. The minimum absolute atomic E-state index is 0.107. The van der Waals surface area contributed by atoms with Crippen molar-refractivity contribution in [1.82, 2.24) is 0 Å². The highest BCUT2D eigenvalue weighted by Gasteiger charge is 2.27. The number of benzene rings is 2. The third-order valence-corrected chi connectivity index (χ3v) is 4.10. The van der Waals surface area contributed by atoms with E-state index in [2.05, 4.69) is 5.32 Å². The van der Waals surface area contributed by atoms with Crippen LogP contribution in [0.15, 0.2) is 53.4 Å². The van der Waals surface area contributed by atoms with Crippen LogP contribution >= 0.6 is 23.4 Å². The van der Waals surface area contributed by atoms with E-state index < -0.39 is 0 Å². The van der Waals surface area contributed by atoms with Crippen molar-refractivity contribution >= 4 is 34.2 Å². The molecule has 0 radical (unpaired) electrons. The van der Waals surface area contributed by atoms with Crippen molar-refractivity contribution < 1.29 is 4.79 Å². The Kier molecular flexibility index (Phi) is 3.02. The van der Waals surface area contributed by atoms with Crippen LogP contribution in [0.4, 0.5) is 5.69 Å². The van der Waals surface area contributed by atoms with Gasteiger partial charge in [0.25, 0.3) is 0 Å². The molecule has 90 valence electrons. The van der Waals surface area contributed by atoms with Gasteiger partial charge in [0.05, 0.1) is 0 Å². The molecule has 18 heavy (non-hydrogen) atoms. The van der Waals surface area contributed by atoms with Crippen LogP contribution in [-0.4, -0.2) is 5.12 Å². The summed E-state index contributed by atoms with van der Waals surface area (Å²) in [5, 5.41) is 4.05. The highest BCUT2D eigenvalue weighted by Crippen LogP contribution is 2.39. The molecule has 3 rings (SSSR count). The molecule has 1 atom stereocenters. The number of para-hydroxylation sites is 1. The van der Waals surface area contributed by atoms with Crippen molar-refractivity contribution in [3.63, 3.8) is 0 Å². The SMILES string of the molecule is O=C1Sc2ccccc2NC1c1ccc(Cl)cc1. The lowest BCUT2D eigenvalue weighted by Gasteiger charge is -2.25. The van der Waals surface area contributed by atoms with Gasteiger partial charge in [-0.15, -0.1) is 0 Å². The average molecular weight is 276 g/mol. The second-order valence-electron chi connectivity index (χ2n) is 4.05. The van der Waals surface area contributed by atoms with Gasteiger partial charge in [-0.3, -0.25) is 4.79 Å². The number of fused-ring (bicyclic) bond motifs is 1. The first kappa shape index (κ1) is 11.6. The Morgan fingerprint density at radius 1 is 1.06 bits per heavy atom. The summed E-state index contributed by atoms with van der Waals surface area (Å²) in [5.74, 6) is 0. The van der Waals surface area contributed by atoms with Gasteiger partial charge in [-0.2, -0.15) is 0 Å². The number of anilines is 1. The Morgan fingerprint density at radius 2 is 1.78 bits per heavy atom. The van der Waals surface area contributed by atoms with Crippen LogP contribution in [0.25, 0.3) is 0 Å². The number of hydrogen-bond acceptors (Lipinski definition) is 3. The third-order valence-electron chi connectivity index (χ3n) is 2.84. The second-order valence-corrected chi connectivity index (χ2v) is 5.53. The fourth-order valence-corrected chi connectivity index (χ4v) is 2.97. The first-order valence-electron chi connectivity index (χ1n) is 5.57. The molecule has 2 aromatic carbocycles. The van der Waals surface area contributed by atoms with Crippen LogP contribution in [0, 0.1) is 0 Å². The Hall–Kier alpha value is -1.45. The van der Waals surface area contributed by atoms with Gasteiger partial charge < -0.3 is 5.32 Å². The molecule has 1 aliphatic rings. The molecular weight excluding hydrogens is 266 g/mol. The molecule has 1 N–H and O–H groups in total. The number of halogens is 1. The summed E-state index contributed by atoms with van der Waals surface area (Å²) in [4.78, 5) is 13.1. The van der Waals surface area contributed by atoms with Crippen LogP contribution < -0.4 is 5.32 Å². The Morgan fingerprint density at radius 3 is 2.56 bits per heavy atom. The van der Waals surface area contributed by atoms with E-state index in [4.69, 9.17) is 11.6 Å². The van der Waals surface area contributed by atoms with Gasteiger partial charge in [0.1, 0.15) is 6.04 Å². The lowest BCUT2D eigenvalue weighted by atomic mass is 10.1. The van der Waals surface area contributed by atoms with Crippen molar-refractivity contribution in [2.45, 2.75) is 10.9 Å². The van der Waals surface area contributed by atoms with E-state index in [1.54, 1.807) is 12.1 Å². The maximum atomic E-state index is 12.1. The molecule has 1 aliphatic heterocycles. The van der Waals surface area contributed by atoms with Gasteiger partial charge in [-0.1, -0.05) is 35.9 Å². The maximum Gasteiger partial charge on any atom is 0.220 e. The summed E-state index contributed by atoms with van der Waals surface area (Å²) in [7, 11) is 0. The molecule has 1 unspecified atom stereocenters. The first-order valence-corrected chi connectivity index (χ1v) is 6.76. The molecule has 0 aromatic heterocycles. The van der Waals surface area contributed by atoms with E-state index in [9.17, 15) is 4.79 Å². The topological polar surface area (TPSA) is 29.1 Å². The van der Waals surface area contributed by atoms with Crippen LogP contribution in [-0.2, 0) is 4.79 Å². The van der Waals surface area contributed by atoms with Crippen LogP contribution in [0.3, 0.4) is 0 Å². The summed E-state index contributed by atoms with van der Waals surface area (Å²) in [6.07, 6.45) is 0. The molecule has 0 saturated carbocycles. The lowest BCUT2D eigenvalue weighted by Crippen LogP contribution is -2.22. The maximum absolute atomic E-state index is 12.1. The van der Waals surface area contributed by atoms with Crippen molar-refractivity contribution in [3.8, 4) is 0 Å². The quantitative estimate of drug-likeness (QED) is 0.849. The fourth-order valence-electron chi connectivity index (χ4n) is 1.93. The van der Waals surface area contributed by atoms with Gasteiger partial charge in [-0.05, 0) is 41.6 Å². The van der Waals surface area contributed by atoms with Crippen LogP contribution in [0.1, 0.15) is 11.6 Å². The van der Waals surface area contributed by atoms with Crippen LogP contribution in [0.5, 0.6) is 0 Å². The lowest BCUT2D eigenvalue weighted by molar-refractivity contribution is -0.111. The summed E-state index contributed by atoms with van der Waals surface area (Å²) in [6, 6.07) is 14.9. The molecule has 0 spiro atoms. The zero-order chi connectivity index (χ0) is 12.5. The van der Waals surface area contributed by atoms with Crippen molar-refractivity contribution in [3.05, 3.63) is 59.1 Å². The normalized spacial score (nSPS) is 18.1. The molecule has 2 nitrogen and oxygen atoms in total. The molecule has 0 amide bonds. The number of carbonyl (C=O) groups excluding carboxylic acids is 1. The van der Waals surface area contributed by atoms with E-state index in [0.717, 1.165) is 16.1 Å². The molecule has 1 heterocycles. The first-order chi connectivity index (χ1) is 8.74. The fraction of sp³-hybridized carbons (Fsp3) is 0.0714. The second kappa shape index (κ2) is 4.67. The molecular formula is C14H10ClNOS. The number of rotatable bonds is 1. The van der Waals surface area contributed by atoms with Crippen molar-refractivity contribution in [2.75, 3.05) is 5.32 Å². The Balaban J connectivity index is 1.95. The zero-order valence-corrected chi connectivity index (χ0v) is 11.0. The standard InChI is InChI=1S/C14H10ClNOS/c15-10-7-5-9(6-8-10)13-14(17)18-12-4-2-1-3-11(12)16-13/h1-8,13,16H. The largest absolute Gasteiger partial charge is 0.370 e. The minimum atomic E-state index is -0.304. The minimum Gasteiger partial charge on any atom is -0.370 e. The van der Waals surface area contributed by atoms with Gasteiger partial charge in [0.2, 0.25) is 5.12 Å². The van der Waals surface area contributed by atoms with E-state index in [-0.39, 0.29) is 11.2 Å². The predicted molar refractivity (Wildman–Crippen MR) is 75.1 cm³/mol. The van der Waals surface area contributed by atoms with Crippen LogP contribution in [0.2, 0.25) is 5.02 Å². The van der Waals surface area contributed by atoms with E-state index in [1.165, 1.54) is 11.8 Å². The summed E-state index contributed by atoms with van der Waals surface area (Å²) >= 11 is 7.14. The highest BCUT2D eigenvalue weighted by atomic mass is 35.5. The van der Waals surface area contributed by atoms with E-state index in [1.807, 2.05) is 36.4 Å². The molecule has 0 saturated heterocycles. The summed E-state index contributed by atoms with van der Waals surface area (Å²) < 4.78 is 0. The number of thioether (sulfide) groups is 1. The number of nitrogens with one attached hydrogen (secondary N) is 1. The van der Waals surface area contributed by atoms with Crippen molar-refractivity contribution in [1.29, 1.82) is 0 Å². The van der Waals surface area contributed by atoms with Crippen molar-refractivity contribution in [2.24, 2.45) is 0 Å². The molecule has 2 aromatic rings. The Labute approximate surface area is 114 Å². The number of carbonyl (C=O) groups is 1. The predicted octanol–water partition coefficient (Wildman–Crippen LogP) is 4.13. The zero-order valence-electron chi connectivity index (χ0n) is 9.39. The van der Waals surface area contributed by atoms with Gasteiger partial charge >= 0.3 is 0 Å². The van der Waals surface area contributed by atoms with E-state index >= 15 is 0 Å². The highest BCUT2D eigenvalue weighted by molar-refractivity contribution is 8.14. The summed E-state index contributed by atoms with van der Waals surface area (Å²) in [6.45, 7) is 0.